The minimum Gasteiger partial charge on any atom is -0.385 e. The molecule has 1 saturated heterocycles. The predicted molar refractivity (Wildman–Crippen MR) is 99.5 cm³/mol. The zero-order chi connectivity index (χ0) is 15.0. The number of hydrogen-bond donors (Lipinski definition) is 1. The van der Waals surface area contributed by atoms with Crippen molar-refractivity contribution >= 4 is 29.9 Å². The van der Waals surface area contributed by atoms with E-state index in [2.05, 4.69) is 42.9 Å². The lowest BCUT2D eigenvalue weighted by Gasteiger charge is -2.62. The largest absolute Gasteiger partial charge is 0.385 e. The van der Waals surface area contributed by atoms with Gasteiger partial charge in [0.25, 0.3) is 0 Å². The van der Waals surface area contributed by atoms with Gasteiger partial charge >= 0.3 is 0 Å². The number of ether oxygens (including phenoxy) is 1. The maximum Gasteiger partial charge on any atom is 0.194 e. The monoisotopic (exact) mass is 409 g/mol. The van der Waals surface area contributed by atoms with Crippen LogP contribution in [0, 0.1) is 10.8 Å². The van der Waals surface area contributed by atoms with E-state index in [0.717, 1.165) is 32.1 Å². The number of likely N-dealkylation sites (tertiary alicyclic amines) is 1. The van der Waals surface area contributed by atoms with Gasteiger partial charge in [-0.15, -0.1) is 24.0 Å². The van der Waals surface area contributed by atoms with Crippen molar-refractivity contribution in [1.82, 2.24) is 10.2 Å². The fourth-order valence-electron chi connectivity index (χ4n) is 2.97. The Balaban J connectivity index is 0.00000220. The summed E-state index contributed by atoms with van der Waals surface area (Å²) in [6, 6.07) is 0. The number of aliphatic imine (C=N–C) groups is 1. The summed E-state index contributed by atoms with van der Waals surface area (Å²) < 4.78 is 5.22. The fraction of sp³-hybridized carbons (Fsp3) is 0.938. The van der Waals surface area contributed by atoms with Crippen LogP contribution < -0.4 is 5.32 Å². The average molecular weight is 409 g/mol. The normalized spacial score (nSPS) is 24.9. The lowest BCUT2D eigenvalue weighted by atomic mass is 9.65. The summed E-state index contributed by atoms with van der Waals surface area (Å²) >= 11 is 0. The summed E-state index contributed by atoms with van der Waals surface area (Å²) in [5, 5.41) is 3.60. The minimum absolute atomic E-state index is 0. The van der Waals surface area contributed by atoms with E-state index in [9.17, 15) is 0 Å². The Bertz CT molecular complexity index is 389. The molecule has 0 unspecified atom stereocenters. The standard InChI is InChI=1S/C16H31N3O.HI/c1-14(2)12-19(15(14,3)4)13(17-5)18-11-16(7-8-16)9-10-20-6;/h7-12H2,1-6H3,(H,17,18);1H. The molecule has 2 rings (SSSR count). The number of halogens is 1. The van der Waals surface area contributed by atoms with Gasteiger partial charge in [-0.05, 0) is 38.5 Å². The van der Waals surface area contributed by atoms with Crippen LogP contribution in [0.15, 0.2) is 4.99 Å². The number of nitrogens with zero attached hydrogens (tertiary/aromatic N) is 2. The molecule has 1 heterocycles. The Morgan fingerprint density at radius 1 is 1.24 bits per heavy atom. The molecule has 1 aliphatic heterocycles. The van der Waals surface area contributed by atoms with E-state index in [0.29, 0.717) is 10.8 Å². The third-order valence-electron chi connectivity index (χ3n) is 5.77. The molecule has 2 aliphatic rings. The number of rotatable bonds is 5. The van der Waals surface area contributed by atoms with Crippen LogP contribution in [0.25, 0.3) is 0 Å². The van der Waals surface area contributed by atoms with E-state index < -0.39 is 0 Å². The van der Waals surface area contributed by atoms with E-state index in [4.69, 9.17) is 4.74 Å². The highest BCUT2D eigenvalue weighted by Crippen LogP contribution is 2.49. The van der Waals surface area contributed by atoms with Crippen molar-refractivity contribution in [2.75, 3.05) is 33.9 Å². The van der Waals surface area contributed by atoms with Crippen LogP contribution in [0.5, 0.6) is 0 Å². The number of nitrogens with one attached hydrogen (secondary N) is 1. The second-order valence-electron chi connectivity index (χ2n) is 7.67. The molecule has 0 aromatic carbocycles. The van der Waals surface area contributed by atoms with Crippen LogP contribution in [-0.4, -0.2) is 50.3 Å². The zero-order valence-corrected chi connectivity index (χ0v) is 16.8. The number of methoxy groups -OCH3 is 1. The van der Waals surface area contributed by atoms with Gasteiger partial charge in [0.05, 0.1) is 0 Å². The highest BCUT2D eigenvalue weighted by Gasteiger charge is 2.54. The maximum absolute atomic E-state index is 5.22. The first-order chi connectivity index (χ1) is 9.28. The first kappa shape index (κ1) is 19.0. The molecule has 1 saturated carbocycles. The maximum atomic E-state index is 5.22. The van der Waals surface area contributed by atoms with Gasteiger partial charge < -0.3 is 15.0 Å². The highest BCUT2D eigenvalue weighted by molar-refractivity contribution is 14.0. The molecule has 0 aromatic heterocycles. The van der Waals surface area contributed by atoms with Gasteiger partial charge in [0, 0.05) is 44.8 Å². The van der Waals surface area contributed by atoms with Crippen LogP contribution in [0.2, 0.25) is 0 Å². The van der Waals surface area contributed by atoms with Crippen LogP contribution in [0.1, 0.15) is 47.0 Å². The SMILES string of the molecule is CN=C(NCC1(CCOC)CC1)N1CC(C)(C)C1(C)C.I. The van der Waals surface area contributed by atoms with Gasteiger partial charge in [-0.1, -0.05) is 13.8 Å². The first-order valence-corrected chi connectivity index (χ1v) is 7.75. The number of hydrogen-bond acceptors (Lipinski definition) is 2. The summed E-state index contributed by atoms with van der Waals surface area (Å²) in [4.78, 5) is 6.88. The molecule has 5 heteroatoms. The van der Waals surface area contributed by atoms with Crippen molar-refractivity contribution < 1.29 is 4.74 Å². The molecule has 124 valence electrons. The van der Waals surface area contributed by atoms with E-state index in [1.807, 2.05) is 7.05 Å². The van der Waals surface area contributed by atoms with Crippen LogP contribution in [-0.2, 0) is 4.74 Å². The third-order valence-corrected chi connectivity index (χ3v) is 5.77. The average Bonchev–Trinajstić information content (AvgIpc) is 3.16. The molecule has 2 fully saturated rings. The Morgan fingerprint density at radius 2 is 1.86 bits per heavy atom. The van der Waals surface area contributed by atoms with E-state index in [1.54, 1.807) is 7.11 Å². The molecule has 1 N–H and O–H groups in total. The van der Waals surface area contributed by atoms with Gasteiger partial charge in [0.15, 0.2) is 5.96 Å². The Morgan fingerprint density at radius 3 is 2.24 bits per heavy atom. The summed E-state index contributed by atoms with van der Waals surface area (Å²) in [6.45, 7) is 12.2. The molecule has 0 atom stereocenters. The Labute approximate surface area is 147 Å². The van der Waals surface area contributed by atoms with Crippen molar-refractivity contribution in [3.63, 3.8) is 0 Å². The molecule has 0 spiro atoms. The van der Waals surface area contributed by atoms with Gasteiger partial charge in [0.2, 0.25) is 0 Å². The molecule has 21 heavy (non-hydrogen) atoms. The molecule has 0 radical (unpaired) electrons. The fourth-order valence-corrected chi connectivity index (χ4v) is 2.97. The summed E-state index contributed by atoms with van der Waals surface area (Å²) in [5.74, 6) is 1.05. The number of guanidine groups is 1. The Kier molecular flexibility index (Phi) is 5.98. The molecule has 0 aromatic rings. The highest BCUT2D eigenvalue weighted by atomic mass is 127. The molecular weight excluding hydrogens is 377 g/mol. The molecule has 0 bridgehead atoms. The van der Waals surface area contributed by atoms with Crippen LogP contribution in [0.3, 0.4) is 0 Å². The van der Waals surface area contributed by atoms with E-state index in [1.165, 1.54) is 12.8 Å². The second kappa shape index (κ2) is 6.60. The van der Waals surface area contributed by atoms with Crippen molar-refractivity contribution in [3.05, 3.63) is 0 Å². The van der Waals surface area contributed by atoms with Gasteiger partial charge in [-0.3, -0.25) is 4.99 Å². The topological polar surface area (TPSA) is 36.9 Å². The smallest absolute Gasteiger partial charge is 0.194 e. The Hall–Kier alpha value is -0.0400. The second-order valence-corrected chi connectivity index (χ2v) is 7.67. The lowest BCUT2D eigenvalue weighted by molar-refractivity contribution is -0.0669. The van der Waals surface area contributed by atoms with Crippen LogP contribution >= 0.6 is 24.0 Å². The van der Waals surface area contributed by atoms with Crippen molar-refractivity contribution in [1.29, 1.82) is 0 Å². The lowest BCUT2D eigenvalue weighted by Crippen LogP contribution is -2.72. The third kappa shape index (κ3) is 3.66. The molecular formula is C16H32IN3O. The van der Waals surface area contributed by atoms with E-state index >= 15 is 0 Å². The van der Waals surface area contributed by atoms with Crippen molar-refractivity contribution in [2.24, 2.45) is 15.8 Å². The van der Waals surface area contributed by atoms with E-state index in [-0.39, 0.29) is 29.5 Å². The van der Waals surface area contributed by atoms with Gasteiger partial charge in [-0.25, -0.2) is 0 Å². The molecule has 4 nitrogen and oxygen atoms in total. The quantitative estimate of drug-likeness (QED) is 0.431. The van der Waals surface area contributed by atoms with Gasteiger partial charge in [-0.2, -0.15) is 0 Å². The summed E-state index contributed by atoms with van der Waals surface area (Å²) in [5.41, 5.74) is 0.965. The summed E-state index contributed by atoms with van der Waals surface area (Å²) in [7, 11) is 3.67. The minimum atomic E-state index is 0. The van der Waals surface area contributed by atoms with Crippen LogP contribution in [0.4, 0.5) is 0 Å². The predicted octanol–water partition coefficient (Wildman–Crippen LogP) is 3.12. The van der Waals surface area contributed by atoms with Crippen molar-refractivity contribution in [2.45, 2.75) is 52.5 Å². The summed E-state index contributed by atoms with van der Waals surface area (Å²) in [6.07, 6.45) is 3.78. The molecule has 0 amide bonds. The van der Waals surface area contributed by atoms with Gasteiger partial charge in [0.1, 0.15) is 0 Å². The zero-order valence-electron chi connectivity index (χ0n) is 14.5. The van der Waals surface area contributed by atoms with Crippen molar-refractivity contribution in [3.8, 4) is 0 Å². The first-order valence-electron chi connectivity index (χ1n) is 7.75. The molecule has 1 aliphatic carbocycles.